The molecule has 8 heteroatoms. The molecule has 0 bridgehead atoms. The average Bonchev–Trinajstić information content (AvgIpc) is 3.08. The van der Waals surface area contributed by atoms with Crippen molar-refractivity contribution in [3.8, 4) is 0 Å². The van der Waals surface area contributed by atoms with Gasteiger partial charge < -0.3 is 15.1 Å². The molecule has 174 valence electrons. The zero-order valence-corrected chi connectivity index (χ0v) is 19.8. The molecular formula is C25H31N5O3. The van der Waals surface area contributed by atoms with E-state index >= 15 is 0 Å². The van der Waals surface area contributed by atoms with Crippen molar-refractivity contribution in [3.63, 3.8) is 0 Å². The van der Waals surface area contributed by atoms with Crippen molar-refractivity contribution < 1.29 is 14.4 Å². The first-order valence-corrected chi connectivity index (χ1v) is 11.4. The largest absolute Gasteiger partial charge is 0.353 e. The Labute approximate surface area is 194 Å². The topological polar surface area (TPSA) is 94.6 Å². The number of amides is 4. The third-order valence-electron chi connectivity index (χ3n) is 6.72. The van der Waals surface area contributed by atoms with E-state index in [0.717, 1.165) is 16.9 Å². The van der Waals surface area contributed by atoms with Gasteiger partial charge in [0, 0.05) is 37.4 Å². The molecule has 0 aliphatic carbocycles. The summed E-state index contributed by atoms with van der Waals surface area (Å²) in [4.78, 5) is 46.4. The molecule has 8 nitrogen and oxygen atoms in total. The van der Waals surface area contributed by atoms with Crippen LogP contribution in [0.1, 0.15) is 47.8 Å². The van der Waals surface area contributed by atoms with Crippen molar-refractivity contribution in [3.05, 3.63) is 58.8 Å². The molecule has 0 saturated carbocycles. The lowest BCUT2D eigenvalue weighted by molar-refractivity contribution is -0.125. The van der Waals surface area contributed by atoms with Gasteiger partial charge in [-0.1, -0.05) is 32.0 Å². The van der Waals surface area contributed by atoms with Crippen molar-refractivity contribution in [1.82, 2.24) is 20.5 Å². The fraction of sp³-hybridized carbons (Fsp3) is 0.440. The number of piperazine rings is 1. The van der Waals surface area contributed by atoms with Crippen LogP contribution >= 0.6 is 0 Å². The molecule has 4 amide bonds. The van der Waals surface area contributed by atoms with E-state index in [-0.39, 0.29) is 23.8 Å². The van der Waals surface area contributed by atoms with E-state index in [1.54, 1.807) is 24.3 Å². The van der Waals surface area contributed by atoms with Gasteiger partial charge >= 0.3 is 6.03 Å². The Kier molecular flexibility index (Phi) is 5.86. The summed E-state index contributed by atoms with van der Waals surface area (Å²) in [5.41, 5.74) is 2.37. The number of rotatable bonds is 4. The Morgan fingerprint density at radius 3 is 2.39 bits per heavy atom. The predicted molar refractivity (Wildman–Crippen MR) is 126 cm³/mol. The molecule has 2 aromatic rings. The van der Waals surface area contributed by atoms with Crippen molar-refractivity contribution >= 4 is 23.7 Å². The molecule has 0 unspecified atom stereocenters. The molecule has 0 radical (unpaired) electrons. The number of hydrogen-bond donors (Lipinski definition) is 2. The van der Waals surface area contributed by atoms with Crippen LogP contribution in [0.3, 0.4) is 0 Å². The highest BCUT2D eigenvalue weighted by atomic mass is 16.2. The number of pyridine rings is 1. The summed E-state index contributed by atoms with van der Waals surface area (Å²) < 4.78 is 0. The minimum atomic E-state index is -1.13. The monoisotopic (exact) mass is 449 g/mol. The molecular weight excluding hydrogens is 418 g/mol. The lowest BCUT2D eigenvalue weighted by Gasteiger charge is -2.41. The fourth-order valence-corrected chi connectivity index (χ4v) is 4.94. The second kappa shape index (κ2) is 8.50. The second-order valence-electron chi connectivity index (χ2n) is 9.40. The smallest absolute Gasteiger partial charge is 0.322 e. The Hall–Kier alpha value is -3.42. The summed E-state index contributed by atoms with van der Waals surface area (Å²) in [6.07, 6.45) is 1.88. The minimum Gasteiger partial charge on any atom is -0.353 e. The van der Waals surface area contributed by atoms with Crippen molar-refractivity contribution in [2.24, 2.45) is 5.92 Å². The summed E-state index contributed by atoms with van der Waals surface area (Å²) in [7, 11) is 0. The molecule has 2 aliphatic heterocycles. The molecule has 0 spiro atoms. The molecule has 2 N–H and O–H groups in total. The Morgan fingerprint density at radius 1 is 1.15 bits per heavy atom. The quantitative estimate of drug-likeness (QED) is 0.700. The number of urea groups is 1. The van der Waals surface area contributed by atoms with Gasteiger partial charge in [-0.25, -0.2) is 9.78 Å². The molecule has 1 aromatic carbocycles. The highest BCUT2D eigenvalue weighted by Gasteiger charge is 2.50. The van der Waals surface area contributed by atoms with Crippen LogP contribution in [0.4, 0.5) is 10.6 Å². The first-order valence-electron chi connectivity index (χ1n) is 11.4. The maximum Gasteiger partial charge on any atom is 0.322 e. The van der Waals surface area contributed by atoms with Crippen LogP contribution in [0.25, 0.3) is 0 Å². The van der Waals surface area contributed by atoms with E-state index in [9.17, 15) is 14.4 Å². The normalized spacial score (nSPS) is 23.0. The van der Waals surface area contributed by atoms with Gasteiger partial charge in [0.2, 0.25) is 0 Å². The molecule has 4 rings (SSSR count). The standard InChI is InChI=1S/C25H31N5O3/c1-15(2)25(23(32)27-24(33)28-25)20-8-6-19(7-9-20)22(31)30-11-10-29(14-18(30)5)21-17(4)12-16(3)13-26-21/h6-9,12-13,15,18H,10-11,14H2,1-5H3,(H2,27,28,32,33)/t18-,25+/m0/s1. The summed E-state index contributed by atoms with van der Waals surface area (Å²) in [5, 5.41) is 5.11. The van der Waals surface area contributed by atoms with Gasteiger partial charge in [0.25, 0.3) is 11.8 Å². The van der Waals surface area contributed by atoms with Gasteiger partial charge in [0.15, 0.2) is 0 Å². The van der Waals surface area contributed by atoms with Crippen molar-refractivity contribution in [2.45, 2.75) is 46.2 Å². The predicted octanol–water partition coefficient (Wildman–Crippen LogP) is 2.74. The van der Waals surface area contributed by atoms with Crippen LogP contribution < -0.4 is 15.5 Å². The average molecular weight is 450 g/mol. The van der Waals surface area contributed by atoms with E-state index in [1.165, 1.54) is 0 Å². The van der Waals surface area contributed by atoms with Gasteiger partial charge in [0.1, 0.15) is 11.4 Å². The third-order valence-corrected chi connectivity index (χ3v) is 6.72. The molecule has 2 aliphatic rings. The lowest BCUT2D eigenvalue weighted by atomic mass is 9.79. The highest BCUT2D eigenvalue weighted by Crippen LogP contribution is 2.33. The lowest BCUT2D eigenvalue weighted by Crippen LogP contribution is -2.54. The summed E-state index contributed by atoms with van der Waals surface area (Å²) in [6.45, 7) is 11.9. The summed E-state index contributed by atoms with van der Waals surface area (Å²) in [5.74, 6) is 0.407. The number of nitrogens with zero attached hydrogens (tertiary/aromatic N) is 3. The number of benzene rings is 1. The number of carbonyl (C=O) groups is 3. The first kappa shape index (κ1) is 22.8. The molecule has 33 heavy (non-hydrogen) atoms. The van der Waals surface area contributed by atoms with Gasteiger partial charge in [0.05, 0.1) is 0 Å². The zero-order chi connectivity index (χ0) is 23.9. The molecule has 2 saturated heterocycles. The number of aromatic nitrogens is 1. The van der Waals surface area contributed by atoms with Crippen LogP contribution in [-0.2, 0) is 10.3 Å². The van der Waals surface area contributed by atoms with Gasteiger partial charge in [-0.05, 0) is 55.5 Å². The van der Waals surface area contributed by atoms with Crippen LogP contribution in [0.15, 0.2) is 36.5 Å². The van der Waals surface area contributed by atoms with Gasteiger partial charge in [-0.15, -0.1) is 0 Å². The van der Waals surface area contributed by atoms with E-state index in [2.05, 4.69) is 33.5 Å². The Morgan fingerprint density at radius 2 is 1.85 bits per heavy atom. The highest BCUT2D eigenvalue weighted by molar-refractivity contribution is 6.07. The number of carbonyl (C=O) groups excluding carboxylic acids is 3. The number of imide groups is 1. The van der Waals surface area contributed by atoms with Crippen LogP contribution in [-0.4, -0.2) is 53.4 Å². The fourth-order valence-electron chi connectivity index (χ4n) is 4.94. The Balaban J connectivity index is 1.50. The second-order valence-corrected chi connectivity index (χ2v) is 9.40. The number of nitrogens with one attached hydrogen (secondary N) is 2. The summed E-state index contributed by atoms with van der Waals surface area (Å²) in [6, 6.07) is 8.66. The van der Waals surface area contributed by atoms with E-state index in [4.69, 9.17) is 0 Å². The number of anilines is 1. The minimum absolute atomic E-state index is 0.0235. The SMILES string of the molecule is Cc1cnc(N2CCN(C(=O)c3ccc([C@@]4(C(C)C)NC(=O)NC4=O)cc3)[C@@H](C)C2)c(C)c1. The first-order chi connectivity index (χ1) is 15.6. The maximum absolute atomic E-state index is 13.3. The van der Waals surface area contributed by atoms with Crippen LogP contribution in [0.2, 0.25) is 0 Å². The number of aryl methyl sites for hydroxylation is 2. The van der Waals surface area contributed by atoms with Gasteiger partial charge in [-0.2, -0.15) is 0 Å². The van der Waals surface area contributed by atoms with Crippen molar-refractivity contribution in [1.29, 1.82) is 0 Å². The van der Waals surface area contributed by atoms with Gasteiger partial charge in [-0.3, -0.25) is 14.9 Å². The van der Waals surface area contributed by atoms with E-state index in [1.807, 2.05) is 38.8 Å². The molecule has 1 aromatic heterocycles. The maximum atomic E-state index is 13.3. The third kappa shape index (κ3) is 3.94. The van der Waals surface area contributed by atoms with Crippen LogP contribution in [0.5, 0.6) is 0 Å². The molecule has 2 atom stereocenters. The zero-order valence-electron chi connectivity index (χ0n) is 19.8. The number of hydrogen-bond acceptors (Lipinski definition) is 5. The molecule has 3 heterocycles. The van der Waals surface area contributed by atoms with Crippen LogP contribution in [0, 0.1) is 19.8 Å². The van der Waals surface area contributed by atoms with E-state index in [0.29, 0.717) is 30.8 Å². The molecule has 2 fully saturated rings. The van der Waals surface area contributed by atoms with Crippen molar-refractivity contribution in [2.75, 3.05) is 24.5 Å². The Bertz CT molecular complexity index is 1100. The van der Waals surface area contributed by atoms with E-state index < -0.39 is 11.6 Å². The summed E-state index contributed by atoms with van der Waals surface area (Å²) >= 11 is 0.